The molecule has 3 aromatic rings. The molecule has 0 spiro atoms. The molecular formula is C17H18N6O. The number of hydrogen-bond donors (Lipinski definition) is 2. The first-order chi connectivity index (χ1) is 11.8. The summed E-state index contributed by atoms with van der Waals surface area (Å²) in [5, 5.41) is 3.08. The maximum atomic E-state index is 12.4. The molecule has 7 nitrogen and oxygen atoms in total. The highest BCUT2D eigenvalue weighted by Crippen LogP contribution is 2.17. The SMILES string of the molecule is O=C(NC1CCN(c2ccncn2)CC1)c1nc2ccccc2[nH]1. The van der Waals surface area contributed by atoms with Crippen molar-refractivity contribution >= 4 is 22.8 Å². The van der Waals surface area contributed by atoms with E-state index in [4.69, 9.17) is 0 Å². The van der Waals surface area contributed by atoms with Crippen molar-refractivity contribution in [3.05, 3.63) is 48.7 Å². The number of rotatable bonds is 3. The standard InChI is InChI=1S/C17H18N6O/c24-17(16-21-13-3-1-2-4-14(13)22-16)20-12-6-9-23(10-7-12)15-5-8-18-11-19-15/h1-5,8,11-12H,6-7,9-10H2,(H,20,24)(H,21,22). The second kappa shape index (κ2) is 6.27. The Hall–Kier alpha value is -2.96. The first kappa shape index (κ1) is 14.6. The molecule has 0 bridgehead atoms. The van der Waals surface area contributed by atoms with Crippen LogP contribution in [0.4, 0.5) is 5.82 Å². The van der Waals surface area contributed by atoms with Crippen LogP contribution in [0.1, 0.15) is 23.5 Å². The van der Waals surface area contributed by atoms with E-state index >= 15 is 0 Å². The van der Waals surface area contributed by atoms with E-state index in [-0.39, 0.29) is 11.9 Å². The Kier molecular flexibility index (Phi) is 3.82. The van der Waals surface area contributed by atoms with Gasteiger partial charge in [-0.25, -0.2) is 15.0 Å². The van der Waals surface area contributed by atoms with Gasteiger partial charge in [-0.2, -0.15) is 0 Å². The van der Waals surface area contributed by atoms with E-state index in [2.05, 4.69) is 30.2 Å². The largest absolute Gasteiger partial charge is 0.356 e. The van der Waals surface area contributed by atoms with Crippen molar-refractivity contribution in [2.24, 2.45) is 0 Å². The third-order valence-electron chi connectivity index (χ3n) is 4.32. The first-order valence-corrected chi connectivity index (χ1v) is 8.06. The Bertz CT molecular complexity index is 805. The van der Waals surface area contributed by atoms with E-state index in [0.29, 0.717) is 5.82 Å². The molecule has 2 N–H and O–H groups in total. The molecule has 1 aromatic carbocycles. The zero-order chi connectivity index (χ0) is 16.4. The van der Waals surface area contributed by atoms with Gasteiger partial charge in [0.25, 0.3) is 5.91 Å². The van der Waals surface area contributed by atoms with Gasteiger partial charge in [0, 0.05) is 25.3 Å². The van der Waals surface area contributed by atoms with Gasteiger partial charge in [0.15, 0.2) is 5.82 Å². The number of aromatic nitrogens is 4. The smallest absolute Gasteiger partial charge is 0.287 e. The minimum Gasteiger partial charge on any atom is -0.356 e. The van der Waals surface area contributed by atoms with Crippen molar-refractivity contribution in [2.45, 2.75) is 18.9 Å². The fraction of sp³-hybridized carbons (Fsp3) is 0.294. The summed E-state index contributed by atoms with van der Waals surface area (Å²) in [5.41, 5.74) is 1.68. The van der Waals surface area contributed by atoms with Gasteiger partial charge in [0.05, 0.1) is 11.0 Å². The topological polar surface area (TPSA) is 86.8 Å². The van der Waals surface area contributed by atoms with Gasteiger partial charge in [0.2, 0.25) is 0 Å². The van der Waals surface area contributed by atoms with Crippen molar-refractivity contribution in [2.75, 3.05) is 18.0 Å². The Morgan fingerprint density at radius 3 is 2.79 bits per heavy atom. The third kappa shape index (κ3) is 2.92. The fourth-order valence-corrected chi connectivity index (χ4v) is 3.04. The van der Waals surface area contributed by atoms with Crippen molar-refractivity contribution in [3.63, 3.8) is 0 Å². The monoisotopic (exact) mass is 322 g/mol. The molecular weight excluding hydrogens is 304 g/mol. The third-order valence-corrected chi connectivity index (χ3v) is 4.32. The van der Waals surface area contributed by atoms with Crippen molar-refractivity contribution in [1.29, 1.82) is 0 Å². The van der Waals surface area contributed by atoms with Crippen LogP contribution in [0.2, 0.25) is 0 Å². The van der Waals surface area contributed by atoms with Crippen LogP contribution in [0.15, 0.2) is 42.9 Å². The summed E-state index contributed by atoms with van der Waals surface area (Å²) < 4.78 is 0. The number of amides is 1. The molecule has 7 heteroatoms. The molecule has 0 unspecified atom stereocenters. The molecule has 122 valence electrons. The molecule has 0 saturated carbocycles. The van der Waals surface area contributed by atoms with Crippen LogP contribution in [-0.4, -0.2) is 45.0 Å². The van der Waals surface area contributed by atoms with Gasteiger partial charge in [0.1, 0.15) is 12.1 Å². The highest BCUT2D eigenvalue weighted by atomic mass is 16.2. The quantitative estimate of drug-likeness (QED) is 0.767. The van der Waals surface area contributed by atoms with Crippen LogP contribution in [0.5, 0.6) is 0 Å². The molecule has 3 heterocycles. The number of fused-ring (bicyclic) bond motifs is 1. The molecule has 2 aromatic heterocycles. The van der Waals surface area contributed by atoms with Gasteiger partial charge in [-0.3, -0.25) is 4.79 Å². The van der Waals surface area contributed by atoms with Crippen LogP contribution in [0, 0.1) is 0 Å². The number of imidazole rings is 1. The molecule has 0 radical (unpaired) electrons. The van der Waals surface area contributed by atoms with Crippen LogP contribution < -0.4 is 10.2 Å². The predicted molar refractivity (Wildman–Crippen MR) is 90.8 cm³/mol. The maximum absolute atomic E-state index is 12.4. The number of para-hydroxylation sites is 2. The van der Waals surface area contributed by atoms with Crippen molar-refractivity contribution in [3.8, 4) is 0 Å². The lowest BCUT2D eigenvalue weighted by Gasteiger charge is -2.32. The van der Waals surface area contributed by atoms with Gasteiger partial charge in [-0.1, -0.05) is 12.1 Å². The lowest BCUT2D eigenvalue weighted by Crippen LogP contribution is -2.45. The summed E-state index contributed by atoms with van der Waals surface area (Å²) in [6, 6.07) is 9.71. The highest BCUT2D eigenvalue weighted by molar-refractivity contribution is 5.94. The minimum absolute atomic E-state index is 0.147. The van der Waals surface area contributed by atoms with Crippen molar-refractivity contribution in [1.82, 2.24) is 25.3 Å². The van der Waals surface area contributed by atoms with Crippen LogP contribution >= 0.6 is 0 Å². The second-order valence-corrected chi connectivity index (χ2v) is 5.90. The molecule has 0 aliphatic carbocycles. The normalized spacial score (nSPS) is 15.6. The summed E-state index contributed by atoms with van der Waals surface area (Å²) >= 11 is 0. The number of nitrogens with zero attached hydrogens (tertiary/aromatic N) is 4. The van der Waals surface area contributed by atoms with E-state index in [1.54, 1.807) is 12.5 Å². The summed E-state index contributed by atoms with van der Waals surface area (Å²) in [7, 11) is 0. The molecule has 24 heavy (non-hydrogen) atoms. The summed E-state index contributed by atoms with van der Waals surface area (Å²) in [6.07, 6.45) is 5.08. The summed E-state index contributed by atoms with van der Waals surface area (Å²) in [4.78, 5) is 30.2. The zero-order valence-electron chi connectivity index (χ0n) is 13.1. The maximum Gasteiger partial charge on any atom is 0.287 e. The fourth-order valence-electron chi connectivity index (χ4n) is 3.04. The molecule has 1 saturated heterocycles. The number of anilines is 1. The first-order valence-electron chi connectivity index (χ1n) is 8.06. The molecule has 1 aliphatic heterocycles. The number of benzene rings is 1. The number of H-pyrrole nitrogens is 1. The van der Waals surface area contributed by atoms with E-state index in [1.165, 1.54) is 0 Å². The Balaban J connectivity index is 1.37. The molecule has 1 fully saturated rings. The number of aromatic amines is 1. The van der Waals surface area contributed by atoms with Crippen LogP contribution in [-0.2, 0) is 0 Å². The molecule has 1 aliphatic rings. The molecule has 0 atom stereocenters. The van der Waals surface area contributed by atoms with E-state index in [0.717, 1.165) is 42.8 Å². The predicted octanol–water partition coefficient (Wildman–Crippen LogP) is 1.75. The van der Waals surface area contributed by atoms with Gasteiger partial charge >= 0.3 is 0 Å². The Labute approximate surface area is 139 Å². The number of nitrogens with one attached hydrogen (secondary N) is 2. The average Bonchev–Trinajstić information content (AvgIpc) is 3.07. The van der Waals surface area contributed by atoms with Crippen LogP contribution in [0.25, 0.3) is 11.0 Å². The summed E-state index contributed by atoms with van der Waals surface area (Å²) in [5.74, 6) is 1.16. The van der Waals surface area contributed by atoms with E-state index in [9.17, 15) is 4.79 Å². The lowest BCUT2D eigenvalue weighted by molar-refractivity contribution is 0.0922. The van der Waals surface area contributed by atoms with Gasteiger partial charge in [-0.15, -0.1) is 0 Å². The van der Waals surface area contributed by atoms with Gasteiger partial charge in [-0.05, 0) is 31.0 Å². The molecule has 1 amide bonds. The molecule has 4 rings (SSSR count). The lowest BCUT2D eigenvalue weighted by atomic mass is 10.1. The average molecular weight is 322 g/mol. The van der Waals surface area contributed by atoms with Gasteiger partial charge < -0.3 is 15.2 Å². The highest BCUT2D eigenvalue weighted by Gasteiger charge is 2.23. The van der Waals surface area contributed by atoms with E-state index < -0.39 is 0 Å². The number of carbonyl (C=O) groups excluding carboxylic acids is 1. The number of hydrogen-bond acceptors (Lipinski definition) is 5. The Morgan fingerprint density at radius 2 is 2.04 bits per heavy atom. The minimum atomic E-state index is -0.147. The van der Waals surface area contributed by atoms with E-state index in [1.807, 2.05) is 30.3 Å². The van der Waals surface area contributed by atoms with Crippen molar-refractivity contribution < 1.29 is 4.79 Å². The summed E-state index contributed by atoms with van der Waals surface area (Å²) in [6.45, 7) is 1.73. The van der Waals surface area contributed by atoms with Crippen LogP contribution in [0.3, 0.4) is 0 Å². The zero-order valence-corrected chi connectivity index (χ0v) is 13.1. The second-order valence-electron chi connectivity index (χ2n) is 5.90. The Morgan fingerprint density at radius 1 is 1.21 bits per heavy atom. The number of piperidine rings is 1. The number of carbonyl (C=O) groups is 1.